The normalized spacial score (nSPS) is 17.6. The van der Waals surface area contributed by atoms with Gasteiger partial charge in [0.2, 0.25) is 0 Å². The van der Waals surface area contributed by atoms with Crippen molar-refractivity contribution in [1.29, 1.82) is 0 Å². The van der Waals surface area contributed by atoms with Crippen LogP contribution < -0.4 is 4.74 Å². The van der Waals surface area contributed by atoms with Crippen LogP contribution in [0.3, 0.4) is 0 Å². The van der Waals surface area contributed by atoms with Gasteiger partial charge in [-0.1, -0.05) is 18.6 Å². The van der Waals surface area contributed by atoms with Gasteiger partial charge in [-0.2, -0.15) is 0 Å². The molecule has 6 nitrogen and oxygen atoms in total. The molecule has 6 heteroatoms. The van der Waals surface area contributed by atoms with E-state index in [2.05, 4.69) is 16.0 Å². The van der Waals surface area contributed by atoms with Crippen LogP contribution in [0.15, 0.2) is 36.5 Å². The first-order valence-corrected chi connectivity index (χ1v) is 9.40. The van der Waals surface area contributed by atoms with Crippen LogP contribution in [0.1, 0.15) is 40.9 Å². The summed E-state index contributed by atoms with van der Waals surface area (Å²) < 4.78 is 5.91. The predicted molar refractivity (Wildman–Crippen MR) is 102 cm³/mol. The lowest BCUT2D eigenvalue weighted by Gasteiger charge is -2.36. The Bertz CT molecular complexity index is 766. The average molecular weight is 370 g/mol. The summed E-state index contributed by atoms with van der Waals surface area (Å²) in [5.41, 5.74) is 2.25. The number of phenols is 1. The number of carbonyl (C=O) groups is 1. The molecule has 0 amide bonds. The highest BCUT2D eigenvalue weighted by Gasteiger charge is 2.24. The van der Waals surface area contributed by atoms with Gasteiger partial charge in [-0.15, -0.1) is 0 Å². The van der Waals surface area contributed by atoms with Crippen LogP contribution in [0.25, 0.3) is 0 Å². The fourth-order valence-corrected chi connectivity index (χ4v) is 3.58. The highest BCUT2D eigenvalue weighted by Crippen LogP contribution is 2.27. The van der Waals surface area contributed by atoms with Gasteiger partial charge in [0.1, 0.15) is 18.1 Å². The molecule has 0 radical (unpaired) electrons. The molecule has 1 aromatic heterocycles. The highest BCUT2D eigenvalue weighted by molar-refractivity contribution is 5.83. The summed E-state index contributed by atoms with van der Waals surface area (Å²) in [6.45, 7) is 2.28. The summed E-state index contributed by atoms with van der Waals surface area (Å²) in [5, 5.41) is 19.1. The number of nitrogens with zero attached hydrogens (tertiary/aromatic N) is 2. The third kappa shape index (κ3) is 4.84. The number of phenolic OH excluding ortho intramolecular Hbond substituents is 1. The summed E-state index contributed by atoms with van der Waals surface area (Å²) in [4.78, 5) is 18.0. The van der Waals surface area contributed by atoms with Gasteiger partial charge in [0, 0.05) is 37.5 Å². The Hall–Kier alpha value is -2.44. The SMILES string of the molecule is O=Cc1c(O)cccc1OC[C@@H]1CCCCN1Cc1cccnc1CCO. The van der Waals surface area contributed by atoms with Gasteiger partial charge in [0.15, 0.2) is 6.29 Å². The van der Waals surface area contributed by atoms with E-state index < -0.39 is 0 Å². The number of carbonyl (C=O) groups excluding carboxylic acids is 1. The standard InChI is InChI=1S/C21H26N2O4/c24-12-9-19-16(5-4-10-22-19)13-23-11-2-1-6-17(23)15-27-21-8-3-7-20(26)18(21)14-25/h3-5,7-8,10,14,17,24,26H,1-2,6,9,11-13,15H2/t17-/m0/s1. The molecule has 2 N–H and O–H groups in total. The zero-order chi connectivity index (χ0) is 19.1. The third-order valence-corrected chi connectivity index (χ3v) is 5.05. The number of aldehydes is 1. The van der Waals surface area contributed by atoms with Crippen LogP contribution in [-0.4, -0.2) is 52.2 Å². The summed E-state index contributed by atoms with van der Waals surface area (Å²) in [6, 6.07) is 9.07. The Labute approximate surface area is 159 Å². The molecule has 1 fully saturated rings. The Morgan fingerprint density at radius 3 is 2.96 bits per heavy atom. The fourth-order valence-electron chi connectivity index (χ4n) is 3.58. The van der Waals surface area contributed by atoms with Crippen LogP contribution in [0.5, 0.6) is 11.5 Å². The van der Waals surface area contributed by atoms with Gasteiger partial charge < -0.3 is 14.9 Å². The molecule has 1 saturated heterocycles. The van der Waals surface area contributed by atoms with E-state index in [9.17, 15) is 15.0 Å². The number of pyridine rings is 1. The number of rotatable bonds is 8. The number of benzene rings is 1. The Balaban J connectivity index is 1.69. The number of aromatic nitrogens is 1. The van der Waals surface area contributed by atoms with Gasteiger partial charge in [0.05, 0.1) is 5.56 Å². The van der Waals surface area contributed by atoms with Crippen molar-refractivity contribution in [3.05, 3.63) is 53.3 Å². The predicted octanol–water partition coefficient (Wildman–Crippen LogP) is 2.57. The molecule has 3 rings (SSSR count). The number of piperidine rings is 1. The van der Waals surface area contributed by atoms with Crippen molar-refractivity contribution < 1.29 is 19.7 Å². The van der Waals surface area contributed by atoms with Crippen molar-refractivity contribution in [1.82, 2.24) is 9.88 Å². The maximum Gasteiger partial charge on any atom is 0.157 e. The number of aliphatic hydroxyl groups is 1. The molecule has 2 aromatic rings. The number of hydrogen-bond donors (Lipinski definition) is 2. The van der Waals surface area contributed by atoms with Gasteiger partial charge in [-0.25, -0.2) is 0 Å². The van der Waals surface area contributed by atoms with Crippen LogP contribution in [0.4, 0.5) is 0 Å². The van der Waals surface area contributed by atoms with E-state index in [0.29, 0.717) is 25.1 Å². The lowest BCUT2D eigenvalue weighted by molar-refractivity contribution is 0.0917. The van der Waals surface area contributed by atoms with Crippen molar-refractivity contribution in [2.45, 2.75) is 38.3 Å². The van der Waals surface area contributed by atoms with Crippen LogP contribution in [-0.2, 0) is 13.0 Å². The molecule has 0 saturated carbocycles. The number of aliphatic hydroxyl groups excluding tert-OH is 1. The summed E-state index contributed by atoms with van der Waals surface area (Å²) >= 11 is 0. The fraction of sp³-hybridized carbons (Fsp3) is 0.429. The second-order valence-electron chi connectivity index (χ2n) is 6.82. The molecular weight excluding hydrogens is 344 g/mol. The first-order valence-electron chi connectivity index (χ1n) is 9.40. The molecule has 0 aliphatic carbocycles. The van der Waals surface area contributed by atoms with Crippen molar-refractivity contribution in [2.24, 2.45) is 0 Å². The first kappa shape index (κ1) is 19.3. The third-order valence-electron chi connectivity index (χ3n) is 5.05. The lowest BCUT2D eigenvalue weighted by atomic mass is 10.0. The smallest absolute Gasteiger partial charge is 0.157 e. The zero-order valence-electron chi connectivity index (χ0n) is 15.4. The molecule has 1 aromatic carbocycles. The molecule has 1 atom stereocenters. The van der Waals surface area contributed by atoms with Crippen molar-refractivity contribution in [3.8, 4) is 11.5 Å². The highest BCUT2D eigenvalue weighted by atomic mass is 16.5. The summed E-state index contributed by atoms with van der Waals surface area (Å²) in [6.07, 6.45) is 6.23. The van der Waals surface area contributed by atoms with Gasteiger partial charge in [-0.05, 0) is 43.1 Å². The minimum atomic E-state index is -0.0630. The molecule has 1 aliphatic rings. The number of ether oxygens (including phenoxy) is 1. The Morgan fingerprint density at radius 1 is 1.26 bits per heavy atom. The molecule has 0 spiro atoms. The molecule has 2 heterocycles. The second-order valence-corrected chi connectivity index (χ2v) is 6.82. The topological polar surface area (TPSA) is 82.9 Å². The van der Waals surface area contributed by atoms with Gasteiger partial charge in [0.25, 0.3) is 0 Å². The zero-order valence-corrected chi connectivity index (χ0v) is 15.4. The molecular formula is C21H26N2O4. The summed E-state index contributed by atoms with van der Waals surface area (Å²) in [5.74, 6) is 0.352. The minimum Gasteiger partial charge on any atom is -0.507 e. The Morgan fingerprint density at radius 2 is 2.15 bits per heavy atom. The van der Waals surface area contributed by atoms with E-state index >= 15 is 0 Å². The average Bonchev–Trinajstić information content (AvgIpc) is 2.69. The lowest BCUT2D eigenvalue weighted by Crippen LogP contribution is -2.42. The van der Waals surface area contributed by atoms with Crippen molar-refractivity contribution in [3.63, 3.8) is 0 Å². The summed E-state index contributed by atoms with van der Waals surface area (Å²) in [7, 11) is 0. The van der Waals surface area contributed by atoms with Crippen LogP contribution >= 0.6 is 0 Å². The molecule has 27 heavy (non-hydrogen) atoms. The van der Waals surface area contributed by atoms with Crippen molar-refractivity contribution >= 4 is 6.29 Å². The maximum atomic E-state index is 11.2. The largest absolute Gasteiger partial charge is 0.507 e. The van der Waals surface area contributed by atoms with Gasteiger partial charge >= 0.3 is 0 Å². The number of hydrogen-bond acceptors (Lipinski definition) is 6. The van der Waals surface area contributed by atoms with E-state index in [1.165, 1.54) is 6.07 Å². The van der Waals surface area contributed by atoms with E-state index in [1.54, 1.807) is 18.3 Å². The van der Waals surface area contributed by atoms with E-state index in [4.69, 9.17) is 4.74 Å². The number of aromatic hydroxyl groups is 1. The maximum absolute atomic E-state index is 11.2. The van der Waals surface area contributed by atoms with Crippen LogP contribution in [0.2, 0.25) is 0 Å². The molecule has 0 bridgehead atoms. The van der Waals surface area contributed by atoms with E-state index in [0.717, 1.165) is 43.6 Å². The van der Waals surface area contributed by atoms with Crippen molar-refractivity contribution in [2.75, 3.05) is 19.8 Å². The monoisotopic (exact) mass is 370 g/mol. The number of likely N-dealkylation sites (tertiary alicyclic amines) is 1. The Kier molecular flexibility index (Phi) is 6.79. The molecule has 1 aliphatic heterocycles. The second kappa shape index (κ2) is 9.48. The molecule has 144 valence electrons. The van der Waals surface area contributed by atoms with E-state index in [1.807, 2.05) is 6.07 Å². The van der Waals surface area contributed by atoms with E-state index in [-0.39, 0.29) is 24.0 Å². The van der Waals surface area contributed by atoms with Crippen LogP contribution in [0, 0.1) is 0 Å². The molecule has 0 unspecified atom stereocenters. The first-order chi connectivity index (χ1) is 13.2. The van der Waals surface area contributed by atoms with Gasteiger partial charge in [-0.3, -0.25) is 14.7 Å². The quantitative estimate of drug-likeness (QED) is 0.695. The minimum absolute atomic E-state index is 0.0630.